The van der Waals surface area contributed by atoms with E-state index in [2.05, 4.69) is 0 Å². The van der Waals surface area contributed by atoms with Gasteiger partial charge in [-0.25, -0.2) is 4.79 Å². The molecule has 0 aliphatic rings. The van der Waals surface area contributed by atoms with Crippen LogP contribution in [0.3, 0.4) is 0 Å². The lowest BCUT2D eigenvalue weighted by atomic mass is 10.1. The molecule has 0 bridgehead atoms. The van der Waals surface area contributed by atoms with Crippen molar-refractivity contribution in [3.63, 3.8) is 0 Å². The largest absolute Gasteiger partial charge is 0.424 e. The first kappa shape index (κ1) is 11.7. The monoisotopic (exact) mass is 209 g/mol. The predicted molar refractivity (Wildman–Crippen MR) is 56.3 cm³/mol. The molecule has 0 saturated carbocycles. The van der Waals surface area contributed by atoms with Crippen molar-refractivity contribution in [2.24, 2.45) is 5.73 Å². The number of benzene rings is 1. The summed E-state index contributed by atoms with van der Waals surface area (Å²) in [5.74, 6) is -0.290. The summed E-state index contributed by atoms with van der Waals surface area (Å²) in [6.45, 7) is 3.14. The molecular weight excluding hydrogens is 194 g/mol. The van der Waals surface area contributed by atoms with Crippen LogP contribution in [-0.4, -0.2) is 16.7 Å². The van der Waals surface area contributed by atoms with Gasteiger partial charge in [-0.15, -0.1) is 0 Å². The van der Waals surface area contributed by atoms with E-state index in [1.165, 1.54) is 13.8 Å². The average molecular weight is 209 g/mol. The Hall–Kier alpha value is -1.39. The van der Waals surface area contributed by atoms with E-state index in [9.17, 15) is 9.90 Å². The van der Waals surface area contributed by atoms with E-state index in [0.717, 1.165) is 5.56 Å². The summed E-state index contributed by atoms with van der Waals surface area (Å²) < 4.78 is 4.98. The molecule has 0 aliphatic heterocycles. The molecule has 1 rings (SSSR count). The van der Waals surface area contributed by atoms with Crippen LogP contribution in [0.1, 0.15) is 19.4 Å². The van der Waals surface area contributed by atoms with Crippen LogP contribution < -0.4 is 10.5 Å². The Labute approximate surface area is 88.7 Å². The van der Waals surface area contributed by atoms with Gasteiger partial charge < -0.3 is 15.6 Å². The molecule has 4 heteroatoms. The maximum absolute atomic E-state index is 11.3. The van der Waals surface area contributed by atoms with Crippen LogP contribution in [0.4, 0.5) is 0 Å². The maximum atomic E-state index is 11.3. The van der Waals surface area contributed by atoms with Gasteiger partial charge in [-0.3, -0.25) is 0 Å². The lowest BCUT2D eigenvalue weighted by Gasteiger charge is -2.15. The second-order valence-electron chi connectivity index (χ2n) is 3.80. The fraction of sp³-hybridized carbons (Fsp3) is 0.364. The number of esters is 1. The first-order valence-corrected chi connectivity index (χ1v) is 4.67. The minimum absolute atomic E-state index is 0.383. The Kier molecular flexibility index (Phi) is 3.44. The Bertz CT molecular complexity index is 355. The van der Waals surface area contributed by atoms with Crippen LogP contribution >= 0.6 is 0 Å². The smallest absolute Gasteiger partial charge is 0.342 e. The SMILES string of the molecule is CC(C)(O)C(=O)Oc1cccc(CN)c1. The van der Waals surface area contributed by atoms with Gasteiger partial charge in [0.25, 0.3) is 0 Å². The predicted octanol–water partition coefficient (Wildman–Crippen LogP) is 0.822. The van der Waals surface area contributed by atoms with Crippen molar-refractivity contribution in [2.45, 2.75) is 26.0 Å². The quantitative estimate of drug-likeness (QED) is 0.571. The van der Waals surface area contributed by atoms with Crippen molar-refractivity contribution < 1.29 is 14.6 Å². The second kappa shape index (κ2) is 4.42. The number of hydrogen-bond donors (Lipinski definition) is 2. The minimum Gasteiger partial charge on any atom is -0.424 e. The number of rotatable bonds is 3. The third-order valence-corrected chi connectivity index (χ3v) is 1.84. The van der Waals surface area contributed by atoms with Crippen molar-refractivity contribution in [1.82, 2.24) is 0 Å². The summed E-state index contributed by atoms with van der Waals surface area (Å²) in [6.07, 6.45) is 0. The molecule has 0 aromatic heterocycles. The van der Waals surface area contributed by atoms with Crippen LogP contribution in [0.5, 0.6) is 5.75 Å². The zero-order valence-electron chi connectivity index (χ0n) is 8.86. The Morgan fingerprint density at radius 1 is 1.53 bits per heavy atom. The molecular formula is C11H15NO3. The van der Waals surface area contributed by atoms with E-state index in [4.69, 9.17) is 10.5 Å². The first-order valence-electron chi connectivity index (χ1n) is 4.67. The first-order chi connectivity index (χ1) is 6.93. The third-order valence-electron chi connectivity index (χ3n) is 1.84. The van der Waals surface area contributed by atoms with Gasteiger partial charge in [0, 0.05) is 6.54 Å². The number of carbonyl (C=O) groups is 1. The molecule has 0 atom stereocenters. The van der Waals surface area contributed by atoms with E-state index in [0.29, 0.717) is 12.3 Å². The highest BCUT2D eigenvalue weighted by Gasteiger charge is 2.26. The lowest BCUT2D eigenvalue weighted by Crippen LogP contribution is -2.35. The Balaban J connectivity index is 2.77. The van der Waals surface area contributed by atoms with Crippen LogP contribution in [-0.2, 0) is 11.3 Å². The Morgan fingerprint density at radius 2 is 2.20 bits per heavy atom. The lowest BCUT2D eigenvalue weighted by molar-refractivity contribution is -0.151. The summed E-state index contributed by atoms with van der Waals surface area (Å²) in [4.78, 5) is 11.3. The molecule has 1 aromatic rings. The number of nitrogens with two attached hydrogens (primary N) is 1. The highest BCUT2D eigenvalue weighted by molar-refractivity contribution is 5.80. The van der Waals surface area contributed by atoms with Gasteiger partial charge in [0.2, 0.25) is 0 Å². The van der Waals surface area contributed by atoms with Crippen LogP contribution in [0.15, 0.2) is 24.3 Å². The molecule has 82 valence electrons. The average Bonchev–Trinajstić information content (AvgIpc) is 2.16. The van der Waals surface area contributed by atoms with Gasteiger partial charge in [-0.2, -0.15) is 0 Å². The van der Waals surface area contributed by atoms with Crippen LogP contribution in [0.2, 0.25) is 0 Å². The van der Waals surface area contributed by atoms with Gasteiger partial charge in [0.1, 0.15) is 5.75 Å². The zero-order chi connectivity index (χ0) is 11.5. The van der Waals surface area contributed by atoms with Crippen molar-refractivity contribution in [2.75, 3.05) is 0 Å². The van der Waals surface area contributed by atoms with E-state index in [1.54, 1.807) is 18.2 Å². The van der Waals surface area contributed by atoms with Crippen LogP contribution in [0, 0.1) is 0 Å². The zero-order valence-corrected chi connectivity index (χ0v) is 8.86. The number of hydrogen-bond acceptors (Lipinski definition) is 4. The molecule has 0 heterocycles. The molecule has 0 fully saturated rings. The Morgan fingerprint density at radius 3 is 2.73 bits per heavy atom. The molecule has 3 N–H and O–H groups in total. The summed E-state index contributed by atoms with van der Waals surface area (Å²) in [7, 11) is 0. The molecule has 0 spiro atoms. The number of aliphatic hydroxyl groups is 1. The molecule has 0 radical (unpaired) electrons. The van der Waals surface area contributed by atoms with Crippen molar-refractivity contribution in [3.05, 3.63) is 29.8 Å². The van der Waals surface area contributed by atoms with Gasteiger partial charge >= 0.3 is 5.97 Å². The van der Waals surface area contributed by atoms with Crippen molar-refractivity contribution in [3.8, 4) is 5.75 Å². The number of carbonyl (C=O) groups excluding carboxylic acids is 1. The van der Waals surface area contributed by atoms with Gasteiger partial charge in [-0.1, -0.05) is 12.1 Å². The van der Waals surface area contributed by atoms with Gasteiger partial charge in [0.05, 0.1) is 0 Å². The third kappa shape index (κ3) is 3.34. The van der Waals surface area contributed by atoms with E-state index in [1.807, 2.05) is 6.07 Å². The molecule has 0 unspecified atom stereocenters. The molecule has 0 amide bonds. The van der Waals surface area contributed by atoms with Crippen molar-refractivity contribution >= 4 is 5.97 Å². The fourth-order valence-electron chi connectivity index (χ4n) is 0.968. The van der Waals surface area contributed by atoms with Crippen LogP contribution in [0.25, 0.3) is 0 Å². The molecule has 15 heavy (non-hydrogen) atoms. The van der Waals surface area contributed by atoms with Gasteiger partial charge in [-0.05, 0) is 31.5 Å². The van der Waals surface area contributed by atoms with E-state index < -0.39 is 11.6 Å². The summed E-state index contributed by atoms with van der Waals surface area (Å²) >= 11 is 0. The minimum atomic E-state index is -1.49. The molecule has 0 aliphatic carbocycles. The van der Waals surface area contributed by atoms with Crippen molar-refractivity contribution in [1.29, 1.82) is 0 Å². The highest BCUT2D eigenvalue weighted by Crippen LogP contribution is 2.15. The maximum Gasteiger partial charge on any atom is 0.342 e. The second-order valence-corrected chi connectivity index (χ2v) is 3.80. The fourth-order valence-corrected chi connectivity index (χ4v) is 0.968. The normalized spacial score (nSPS) is 11.2. The summed E-state index contributed by atoms with van der Waals surface area (Å²) in [5.41, 5.74) is 4.83. The molecule has 1 aromatic carbocycles. The van der Waals surface area contributed by atoms with E-state index in [-0.39, 0.29) is 0 Å². The van der Waals surface area contributed by atoms with Gasteiger partial charge in [0.15, 0.2) is 5.60 Å². The van der Waals surface area contributed by atoms with E-state index >= 15 is 0 Å². The number of ether oxygens (including phenoxy) is 1. The topological polar surface area (TPSA) is 72.5 Å². The summed E-state index contributed by atoms with van der Waals surface area (Å²) in [6, 6.07) is 6.89. The molecule has 0 saturated heterocycles. The molecule has 4 nitrogen and oxygen atoms in total. The standard InChI is InChI=1S/C11H15NO3/c1-11(2,14)10(13)15-9-5-3-4-8(6-9)7-12/h3-6,14H,7,12H2,1-2H3. The highest BCUT2D eigenvalue weighted by atomic mass is 16.6. The summed E-state index contributed by atoms with van der Waals surface area (Å²) in [5, 5.41) is 9.37.